The third-order valence-corrected chi connectivity index (χ3v) is 2.18. The molecule has 0 spiro atoms. The summed E-state index contributed by atoms with van der Waals surface area (Å²) in [6.07, 6.45) is 1.31. The Bertz CT molecular complexity index is 317. The molecule has 1 atom stereocenters. The Morgan fingerprint density at radius 2 is 2.00 bits per heavy atom. The first-order chi connectivity index (χ1) is 6.77. The van der Waals surface area contributed by atoms with Crippen molar-refractivity contribution in [2.45, 2.75) is 25.0 Å². The fourth-order valence-electron chi connectivity index (χ4n) is 1.30. The summed E-state index contributed by atoms with van der Waals surface area (Å²) in [6.45, 7) is 0. The smallest absolute Gasteiger partial charge is 0.337 e. The molecule has 0 radical (unpaired) electrons. The number of hydrogen-bond donors (Lipinski definition) is 1. The molecule has 1 fully saturated rings. The topological polar surface area (TPSA) is 46.5 Å². The average Bonchev–Trinajstić information content (AvgIpc) is 2.99. The molecule has 1 N–H and O–H groups in total. The summed E-state index contributed by atoms with van der Waals surface area (Å²) in [6, 6.07) is 9.06. The molecule has 0 bridgehead atoms. The normalized spacial score (nSPS) is 17.7. The molecule has 0 amide bonds. The Kier molecular flexibility index (Phi) is 2.50. The Balaban J connectivity index is 2.13. The van der Waals surface area contributed by atoms with Gasteiger partial charge in [0.2, 0.25) is 0 Å². The SMILES string of the molecule is O=C(O)C(OC1CC1)c1ccccc1. The van der Waals surface area contributed by atoms with Crippen LogP contribution in [0.2, 0.25) is 0 Å². The molecule has 0 aromatic heterocycles. The minimum atomic E-state index is -0.914. The van der Waals surface area contributed by atoms with Crippen molar-refractivity contribution in [3.05, 3.63) is 35.9 Å². The third kappa shape index (κ3) is 2.12. The lowest BCUT2D eigenvalue weighted by molar-refractivity contribution is -0.151. The van der Waals surface area contributed by atoms with Gasteiger partial charge in [-0.3, -0.25) is 0 Å². The summed E-state index contributed by atoms with van der Waals surface area (Å²) >= 11 is 0. The van der Waals surface area contributed by atoms with Gasteiger partial charge in [-0.25, -0.2) is 4.79 Å². The first-order valence-electron chi connectivity index (χ1n) is 4.70. The van der Waals surface area contributed by atoms with Gasteiger partial charge in [-0.1, -0.05) is 30.3 Å². The molecule has 0 saturated heterocycles. The van der Waals surface area contributed by atoms with Crippen molar-refractivity contribution in [3.63, 3.8) is 0 Å². The summed E-state index contributed by atoms with van der Waals surface area (Å²) in [4.78, 5) is 10.9. The molecule has 3 heteroatoms. The van der Waals surface area contributed by atoms with Gasteiger partial charge in [-0.05, 0) is 18.4 Å². The Morgan fingerprint density at radius 3 is 2.50 bits per heavy atom. The first-order valence-corrected chi connectivity index (χ1v) is 4.70. The summed E-state index contributed by atoms with van der Waals surface area (Å²) in [5, 5.41) is 8.98. The molecule has 1 aliphatic carbocycles. The highest BCUT2D eigenvalue weighted by molar-refractivity contribution is 5.74. The number of aliphatic carboxylic acids is 1. The van der Waals surface area contributed by atoms with Crippen LogP contribution in [0.25, 0.3) is 0 Å². The van der Waals surface area contributed by atoms with Crippen LogP contribution >= 0.6 is 0 Å². The van der Waals surface area contributed by atoms with E-state index in [1.54, 1.807) is 12.1 Å². The van der Waals surface area contributed by atoms with E-state index in [0.29, 0.717) is 5.56 Å². The van der Waals surface area contributed by atoms with Crippen molar-refractivity contribution >= 4 is 5.97 Å². The lowest BCUT2D eigenvalue weighted by Crippen LogP contribution is -2.16. The molecule has 74 valence electrons. The molecule has 0 aliphatic heterocycles. The highest BCUT2D eigenvalue weighted by Gasteiger charge is 2.30. The van der Waals surface area contributed by atoms with Gasteiger partial charge in [0.05, 0.1) is 6.10 Å². The van der Waals surface area contributed by atoms with E-state index in [1.165, 1.54) is 0 Å². The predicted molar refractivity (Wildman–Crippen MR) is 50.9 cm³/mol. The fraction of sp³-hybridized carbons (Fsp3) is 0.364. The van der Waals surface area contributed by atoms with Crippen molar-refractivity contribution in [3.8, 4) is 0 Å². The Morgan fingerprint density at radius 1 is 1.36 bits per heavy atom. The summed E-state index contributed by atoms with van der Waals surface area (Å²) in [5.41, 5.74) is 0.715. The first kappa shape index (κ1) is 9.21. The fourth-order valence-corrected chi connectivity index (χ4v) is 1.30. The number of ether oxygens (including phenoxy) is 1. The monoisotopic (exact) mass is 192 g/mol. The van der Waals surface area contributed by atoms with Crippen LogP contribution in [-0.2, 0) is 9.53 Å². The Hall–Kier alpha value is -1.35. The zero-order valence-corrected chi connectivity index (χ0v) is 7.72. The molecular formula is C11H12O3. The average molecular weight is 192 g/mol. The van der Waals surface area contributed by atoms with E-state index >= 15 is 0 Å². The second kappa shape index (κ2) is 3.80. The minimum Gasteiger partial charge on any atom is -0.479 e. The standard InChI is InChI=1S/C11H12O3/c12-11(13)10(14-9-6-7-9)8-4-2-1-3-5-8/h1-5,9-10H,6-7H2,(H,12,13). The van der Waals surface area contributed by atoms with E-state index in [9.17, 15) is 4.79 Å². The summed E-state index contributed by atoms with van der Waals surface area (Å²) in [5.74, 6) is -0.914. The summed E-state index contributed by atoms with van der Waals surface area (Å²) in [7, 11) is 0. The maximum Gasteiger partial charge on any atom is 0.337 e. The number of carboxylic acids is 1. The molecule has 3 nitrogen and oxygen atoms in total. The largest absolute Gasteiger partial charge is 0.479 e. The van der Waals surface area contributed by atoms with E-state index in [1.807, 2.05) is 18.2 Å². The van der Waals surface area contributed by atoms with Gasteiger partial charge in [-0.2, -0.15) is 0 Å². The molecule has 1 aliphatic rings. The van der Waals surface area contributed by atoms with Crippen LogP contribution < -0.4 is 0 Å². The number of rotatable bonds is 4. The van der Waals surface area contributed by atoms with E-state index in [0.717, 1.165) is 12.8 Å². The highest BCUT2D eigenvalue weighted by atomic mass is 16.5. The van der Waals surface area contributed by atoms with Crippen LogP contribution in [0.5, 0.6) is 0 Å². The van der Waals surface area contributed by atoms with Gasteiger partial charge in [0.1, 0.15) is 0 Å². The molecular weight excluding hydrogens is 180 g/mol. The second-order valence-electron chi connectivity index (χ2n) is 3.46. The van der Waals surface area contributed by atoms with Crippen LogP contribution in [0.15, 0.2) is 30.3 Å². The van der Waals surface area contributed by atoms with Gasteiger partial charge in [0.25, 0.3) is 0 Å². The maximum atomic E-state index is 10.9. The van der Waals surface area contributed by atoms with Gasteiger partial charge in [0, 0.05) is 0 Å². The lowest BCUT2D eigenvalue weighted by Gasteiger charge is -2.12. The van der Waals surface area contributed by atoms with Gasteiger partial charge >= 0.3 is 5.97 Å². The van der Waals surface area contributed by atoms with Crippen LogP contribution in [0.1, 0.15) is 24.5 Å². The van der Waals surface area contributed by atoms with Crippen LogP contribution in [0, 0.1) is 0 Å². The lowest BCUT2D eigenvalue weighted by atomic mass is 10.1. The predicted octanol–water partition coefficient (Wildman–Crippen LogP) is 1.99. The number of carbonyl (C=O) groups is 1. The molecule has 1 saturated carbocycles. The van der Waals surface area contributed by atoms with Gasteiger partial charge < -0.3 is 9.84 Å². The third-order valence-electron chi connectivity index (χ3n) is 2.18. The quantitative estimate of drug-likeness (QED) is 0.793. The molecule has 1 aromatic rings. The molecule has 1 unspecified atom stereocenters. The number of hydrogen-bond acceptors (Lipinski definition) is 2. The van der Waals surface area contributed by atoms with E-state index in [4.69, 9.17) is 9.84 Å². The zero-order valence-electron chi connectivity index (χ0n) is 7.72. The maximum absolute atomic E-state index is 10.9. The van der Waals surface area contributed by atoms with Gasteiger partial charge in [-0.15, -0.1) is 0 Å². The van der Waals surface area contributed by atoms with Crippen LogP contribution in [0.3, 0.4) is 0 Å². The summed E-state index contributed by atoms with van der Waals surface area (Å²) < 4.78 is 5.41. The van der Waals surface area contributed by atoms with Crippen molar-refractivity contribution in [2.75, 3.05) is 0 Å². The molecule has 1 aromatic carbocycles. The molecule has 2 rings (SSSR count). The van der Waals surface area contributed by atoms with Crippen LogP contribution in [0.4, 0.5) is 0 Å². The molecule has 0 heterocycles. The minimum absolute atomic E-state index is 0.149. The van der Waals surface area contributed by atoms with Crippen molar-refractivity contribution in [1.29, 1.82) is 0 Å². The van der Waals surface area contributed by atoms with E-state index in [-0.39, 0.29) is 6.10 Å². The van der Waals surface area contributed by atoms with Crippen molar-refractivity contribution < 1.29 is 14.6 Å². The van der Waals surface area contributed by atoms with Gasteiger partial charge in [0.15, 0.2) is 6.10 Å². The second-order valence-corrected chi connectivity index (χ2v) is 3.46. The van der Waals surface area contributed by atoms with Crippen molar-refractivity contribution in [2.24, 2.45) is 0 Å². The molecule has 14 heavy (non-hydrogen) atoms. The number of carboxylic acid groups (broad SMARTS) is 1. The van der Waals surface area contributed by atoms with E-state index < -0.39 is 12.1 Å². The Labute approximate surface area is 82.3 Å². The van der Waals surface area contributed by atoms with Crippen LogP contribution in [-0.4, -0.2) is 17.2 Å². The number of benzene rings is 1. The van der Waals surface area contributed by atoms with E-state index in [2.05, 4.69) is 0 Å². The van der Waals surface area contributed by atoms with Crippen molar-refractivity contribution in [1.82, 2.24) is 0 Å². The zero-order chi connectivity index (χ0) is 9.97. The highest BCUT2D eigenvalue weighted by Crippen LogP contribution is 2.30.